The highest BCUT2D eigenvalue weighted by molar-refractivity contribution is 5.70. The number of ether oxygens (including phenoxy) is 2. The van der Waals surface area contributed by atoms with Gasteiger partial charge in [0.1, 0.15) is 6.07 Å². The van der Waals surface area contributed by atoms with Crippen molar-refractivity contribution in [2.75, 3.05) is 38.5 Å². The molecule has 0 spiro atoms. The van der Waals surface area contributed by atoms with E-state index >= 15 is 0 Å². The topological polar surface area (TPSA) is 83.3 Å². The highest BCUT2D eigenvalue weighted by atomic mass is 16.5. The van der Waals surface area contributed by atoms with Crippen molar-refractivity contribution in [1.82, 2.24) is 9.97 Å². The number of hydrogen-bond donors (Lipinski definition) is 1. The Labute approximate surface area is 164 Å². The van der Waals surface area contributed by atoms with Crippen LogP contribution in [0.3, 0.4) is 0 Å². The average Bonchev–Trinajstić information content (AvgIpc) is 2.73. The Kier molecular flexibility index (Phi) is 5.61. The smallest absolute Gasteiger partial charge is 0.227 e. The minimum absolute atomic E-state index is 0.444. The van der Waals surface area contributed by atoms with Crippen molar-refractivity contribution >= 4 is 17.3 Å². The van der Waals surface area contributed by atoms with Gasteiger partial charge in [0.05, 0.1) is 31.2 Å². The molecule has 2 aromatic carbocycles. The highest BCUT2D eigenvalue weighted by Crippen LogP contribution is 2.31. The molecule has 142 valence electrons. The van der Waals surface area contributed by atoms with E-state index in [4.69, 9.17) is 9.47 Å². The van der Waals surface area contributed by atoms with Crippen LogP contribution >= 0.6 is 0 Å². The Morgan fingerprint density at radius 1 is 1.00 bits per heavy atom. The van der Waals surface area contributed by atoms with Crippen LogP contribution in [0.25, 0.3) is 11.3 Å². The number of rotatable bonds is 6. The summed E-state index contributed by atoms with van der Waals surface area (Å²) in [6.07, 6.45) is 1.68. The third-order valence-electron chi connectivity index (χ3n) is 4.19. The molecule has 0 radical (unpaired) electrons. The van der Waals surface area contributed by atoms with Gasteiger partial charge in [0.25, 0.3) is 0 Å². The van der Waals surface area contributed by atoms with Crippen molar-refractivity contribution in [2.45, 2.75) is 0 Å². The molecule has 1 N–H and O–H groups in total. The van der Waals surface area contributed by atoms with Crippen LogP contribution in [-0.4, -0.2) is 38.3 Å². The molecule has 0 fully saturated rings. The maximum atomic E-state index is 9.44. The van der Waals surface area contributed by atoms with Gasteiger partial charge in [-0.3, -0.25) is 0 Å². The van der Waals surface area contributed by atoms with Gasteiger partial charge in [0.15, 0.2) is 11.5 Å². The Hall–Kier alpha value is -3.79. The number of anilines is 3. The molecule has 7 nitrogen and oxygen atoms in total. The van der Waals surface area contributed by atoms with Crippen molar-refractivity contribution < 1.29 is 9.47 Å². The maximum Gasteiger partial charge on any atom is 0.227 e. The molecule has 0 saturated carbocycles. The fourth-order valence-electron chi connectivity index (χ4n) is 2.80. The Morgan fingerprint density at radius 3 is 2.46 bits per heavy atom. The van der Waals surface area contributed by atoms with Crippen LogP contribution < -0.4 is 19.7 Å². The van der Waals surface area contributed by atoms with Crippen molar-refractivity contribution in [1.29, 1.82) is 5.26 Å². The lowest BCUT2D eigenvalue weighted by Crippen LogP contribution is -2.10. The molecule has 1 heterocycles. The minimum atomic E-state index is 0.444. The lowest BCUT2D eigenvalue weighted by Gasteiger charge is -2.15. The zero-order chi connectivity index (χ0) is 20.1. The quantitative estimate of drug-likeness (QED) is 0.701. The third kappa shape index (κ3) is 3.96. The number of nitrogens with zero attached hydrogens (tertiary/aromatic N) is 4. The van der Waals surface area contributed by atoms with E-state index in [0.717, 1.165) is 22.6 Å². The van der Waals surface area contributed by atoms with E-state index in [2.05, 4.69) is 21.4 Å². The van der Waals surface area contributed by atoms with E-state index in [0.29, 0.717) is 23.0 Å². The van der Waals surface area contributed by atoms with E-state index in [1.807, 2.05) is 61.5 Å². The summed E-state index contributed by atoms with van der Waals surface area (Å²) >= 11 is 0. The standard InChI is InChI=1S/C21H21N5O2/c1-26(2)18-7-5-14(11-15(18)13-22)17-9-10-23-21(25-17)24-16-6-8-19(27-3)20(12-16)28-4/h5-12H,1-4H3,(H,23,24,25). The van der Waals surface area contributed by atoms with Crippen LogP contribution in [0.4, 0.5) is 17.3 Å². The first-order valence-electron chi connectivity index (χ1n) is 8.59. The van der Waals surface area contributed by atoms with Gasteiger partial charge >= 0.3 is 0 Å². The van der Waals surface area contributed by atoms with Gasteiger partial charge in [-0.15, -0.1) is 0 Å². The van der Waals surface area contributed by atoms with Crippen LogP contribution in [0.15, 0.2) is 48.7 Å². The molecule has 0 atom stereocenters. The summed E-state index contributed by atoms with van der Waals surface area (Å²) in [6, 6.07) is 15.2. The second-order valence-electron chi connectivity index (χ2n) is 6.20. The van der Waals surface area contributed by atoms with Crippen molar-refractivity contribution in [3.05, 3.63) is 54.2 Å². The summed E-state index contributed by atoms with van der Waals surface area (Å²) < 4.78 is 10.6. The molecule has 0 aliphatic rings. The average molecular weight is 375 g/mol. The monoisotopic (exact) mass is 375 g/mol. The van der Waals surface area contributed by atoms with E-state index in [1.54, 1.807) is 20.4 Å². The predicted molar refractivity (Wildman–Crippen MR) is 109 cm³/mol. The van der Waals surface area contributed by atoms with E-state index < -0.39 is 0 Å². The van der Waals surface area contributed by atoms with E-state index in [9.17, 15) is 5.26 Å². The first-order valence-corrected chi connectivity index (χ1v) is 8.59. The van der Waals surface area contributed by atoms with Crippen LogP contribution in [0.5, 0.6) is 11.5 Å². The Balaban J connectivity index is 1.90. The van der Waals surface area contributed by atoms with E-state index in [-0.39, 0.29) is 0 Å². The summed E-state index contributed by atoms with van der Waals surface area (Å²) in [7, 11) is 6.99. The van der Waals surface area contributed by atoms with Gasteiger partial charge < -0.3 is 19.7 Å². The Morgan fingerprint density at radius 2 is 1.79 bits per heavy atom. The summed E-state index contributed by atoms with van der Waals surface area (Å²) in [4.78, 5) is 10.8. The van der Waals surface area contributed by atoms with Crippen molar-refractivity contribution in [3.63, 3.8) is 0 Å². The number of aromatic nitrogens is 2. The van der Waals surface area contributed by atoms with Crippen LogP contribution in [0, 0.1) is 11.3 Å². The summed E-state index contributed by atoms with van der Waals surface area (Å²) in [5, 5.41) is 12.6. The predicted octanol–water partition coefficient (Wildman–Crippen LogP) is 3.84. The zero-order valence-electron chi connectivity index (χ0n) is 16.2. The number of methoxy groups -OCH3 is 2. The highest BCUT2D eigenvalue weighted by Gasteiger charge is 2.10. The second-order valence-corrected chi connectivity index (χ2v) is 6.20. The molecule has 0 bridgehead atoms. The SMILES string of the molecule is COc1ccc(Nc2nccc(-c3ccc(N(C)C)c(C#N)c3)n2)cc1OC. The molecule has 28 heavy (non-hydrogen) atoms. The molecular formula is C21H21N5O2. The van der Waals surface area contributed by atoms with E-state index in [1.165, 1.54) is 0 Å². The first kappa shape index (κ1) is 19.0. The summed E-state index contributed by atoms with van der Waals surface area (Å²) in [5.41, 5.74) is 3.80. The number of hydrogen-bond acceptors (Lipinski definition) is 7. The van der Waals surface area contributed by atoms with Crippen molar-refractivity contribution in [2.24, 2.45) is 0 Å². The molecule has 7 heteroatoms. The van der Waals surface area contributed by atoms with Crippen LogP contribution in [0.2, 0.25) is 0 Å². The molecule has 0 unspecified atom stereocenters. The third-order valence-corrected chi connectivity index (χ3v) is 4.19. The number of nitrogens with one attached hydrogen (secondary N) is 1. The normalized spacial score (nSPS) is 10.1. The minimum Gasteiger partial charge on any atom is -0.493 e. The molecule has 0 saturated heterocycles. The van der Waals surface area contributed by atoms with Gasteiger partial charge in [-0.1, -0.05) is 6.07 Å². The van der Waals surface area contributed by atoms with Crippen LogP contribution in [0.1, 0.15) is 5.56 Å². The fraction of sp³-hybridized carbons (Fsp3) is 0.190. The zero-order valence-corrected chi connectivity index (χ0v) is 16.2. The molecule has 0 amide bonds. The molecular weight excluding hydrogens is 354 g/mol. The first-order chi connectivity index (χ1) is 13.5. The van der Waals surface area contributed by atoms with Gasteiger partial charge in [0.2, 0.25) is 5.95 Å². The number of benzene rings is 2. The Bertz CT molecular complexity index is 1030. The number of nitriles is 1. The van der Waals surface area contributed by atoms with Gasteiger partial charge in [-0.25, -0.2) is 9.97 Å². The lowest BCUT2D eigenvalue weighted by molar-refractivity contribution is 0.355. The maximum absolute atomic E-state index is 9.44. The van der Waals surface area contributed by atoms with Crippen molar-refractivity contribution in [3.8, 4) is 28.8 Å². The van der Waals surface area contributed by atoms with Gasteiger partial charge in [-0.05, 0) is 30.3 Å². The molecule has 1 aromatic heterocycles. The second kappa shape index (κ2) is 8.27. The fourth-order valence-corrected chi connectivity index (χ4v) is 2.80. The van der Waals surface area contributed by atoms with Gasteiger partial charge in [-0.2, -0.15) is 5.26 Å². The molecule has 3 aromatic rings. The summed E-state index contributed by atoms with van der Waals surface area (Å²) in [5.74, 6) is 1.70. The van der Waals surface area contributed by atoms with Crippen LogP contribution in [-0.2, 0) is 0 Å². The summed E-state index contributed by atoms with van der Waals surface area (Å²) in [6.45, 7) is 0. The molecule has 0 aliphatic heterocycles. The molecule has 0 aliphatic carbocycles. The molecule has 3 rings (SSSR count). The largest absolute Gasteiger partial charge is 0.493 e. The lowest BCUT2D eigenvalue weighted by atomic mass is 10.1. The van der Waals surface area contributed by atoms with Gasteiger partial charge in [0, 0.05) is 37.6 Å².